The van der Waals surface area contributed by atoms with Crippen LogP contribution in [0.2, 0.25) is 0 Å². The number of carbonyl (C=O) groups excluding carboxylic acids is 1. The van der Waals surface area contributed by atoms with Gasteiger partial charge in [-0.15, -0.1) is 0 Å². The number of methoxy groups -OCH3 is 1. The summed E-state index contributed by atoms with van der Waals surface area (Å²) in [7, 11) is 1.63. The van der Waals surface area contributed by atoms with Crippen molar-refractivity contribution in [2.24, 2.45) is 0 Å². The first-order valence-corrected chi connectivity index (χ1v) is 4.98. The minimum absolute atomic E-state index is 0.0325. The number of fused-ring (bicyclic) bond motifs is 1. The van der Waals surface area contributed by atoms with Crippen molar-refractivity contribution in [3.63, 3.8) is 0 Å². The summed E-state index contributed by atoms with van der Waals surface area (Å²) in [6, 6.07) is 3.87. The van der Waals surface area contributed by atoms with Gasteiger partial charge in [-0.2, -0.15) is 0 Å². The van der Waals surface area contributed by atoms with E-state index in [1.54, 1.807) is 7.11 Å². The topological polar surface area (TPSA) is 38.3 Å². The van der Waals surface area contributed by atoms with Crippen LogP contribution in [0, 0.1) is 6.92 Å². The van der Waals surface area contributed by atoms with Crippen molar-refractivity contribution < 1.29 is 9.53 Å². The second-order valence-corrected chi connectivity index (χ2v) is 4.41. The first kappa shape index (κ1) is 10.0. The van der Waals surface area contributed by atoms with Gasteiger partial charge in [0.05, 0.1) is 18.2 Å². The molecule has 1 amide bonds. The maximum Gasteiger partial charge on any atom is 0.234 e. The Morgan fingerprint density at radius 1 is 1.33 bits per heavy atom. The molecule has 15 heavy (non-hydrogen) atoms. The molecule has 2 rings (SSSR count). The van der Waals surface area contributed by atoms with Crippen LogP contribution in [-0.2, 0) is 10.2 Å². The van der Waals surface area contributed by atoms with Crippen molar-refractivity contribution in [1.82, 2.24) is 0 Å². The number of aryl methyl sites for hydroxylation is 1. The van der Waals surface area contributed by atoms with E-state index in [9.17, 15) is 4.79 Å². The first-order valence-electron chi connectivity index (χ1n) is 4.98. The van der Waals surface area contributed by atoms with Crippen LogP contribution in [0.4, 0.5) is 5.69 Å². The quantitative estimate of drug-likeness (QED) is 0.763. The third kappa shape index (κ3) is 1.23. The van der Waals surface area contributed by atoms with Gasteiger partial charge < -0.3 is 10.1 Å². The van der Waals surface area contributed by atoms with E-state index in [1.807, 2.05) is 32.9 Å². The molecule has 0 aliphatic carbocycles. The van der Waals surface area contributed by atoms with Crippen molar-refractivity contribution in [2.45, 2.75) is 26.2 Å². The average Bonchev–Trinajstić information content (AvgIpc) is 2.42. The standard InChI is InChI=1S/C12H15NO2/c1-7-5-6-8(15-4)9-10(7)13-11(14)12(9,2)3/h5-6H,1-4H3,(H,13,14). The largest absolute Gasteiger partial charge is 0.496 e. The Kier molecular flexibility index (Phi) is 2.00. The zero-order chi connectivity index (χ0) is 11.2. The summed E-state index contributed by atoms with van der Waals surface area (Å²) in [4.78, 5) is 11.8. The van der Waals surface area contributed by atoms with Gasteiger partial charge in [0.1, 0.15) is 5.75 Å². The van der Waals surface area contributed by atoms with E-state index in [-0.39, 0.29) is 5.91 Å². The van der Waals surface area contributed by atoms with Crippen molar-refractivity contribution in [3.8, 4) is 5.75 Å². The fraction of sp³-hybridized carbons (Fsp3) is 0.417. The number of benzene rings is 1. The van der Waals surface area contributed by atoms with E-state index in [2.05, 4.69) is 5.32 Å². The lowest BCUT2D eigenvalue weighted by Gasteiger charge is -2.18. The fourth-order valence-electron chi connectivity index (χ4n) is 2.02. The SMILES string of the molecule is COc1ccc(C)c2c1C(C)(C)C(=O)N2. The summed E-state index contributed by atoms with van der Waals surface area (Å²) < 4.78 is 5.30. The Balaban J connectivity index is 2.73. The summed E-state index contributed by atoms with van der Waals surface area (Å²) >= 11 is 0. The molecule has 0 radical (unpaired) electrons. The highest BCUT2D eigenvalue weighted by molar-refractivity contribution is 6.07. The van der Waals surface area contributed by atoms with Crippen LogP contribution in [0.15, 0.2) is 12.1 Å². The normalized spacial score (nSPS) is 17.2. The van der Waals surface area contributed by atoms with Crippen LogP contribution in [0.1, 0.15) is 25.0 Å². The molecule has 1 N–H and O–H groups in total. The molecule has 1 aliphatic heterocycles. The van der Waals surface area contributed by atoms with Gasteiger partial charge in [0.15, 0.2) is 0 Å². The lowest BCUT2D eigenvalue weighted by molar-refractivity contribution is -0.119. The maximum atomic E-state index is 11.8. The predicted molar refractivity (Wildman–Crippen MR) is 59.4 cm³/mol. The lowest BCUT2D eigenvalue weighted by atomic mass is 9.85. The smallest absolute Gasteiger partial charge is 0.234 e. The molecule has 0 unspecified atom stereocenters. The molecule has 1 heterocycles. The summed E-state index contributed by atoms with van der Waals surface area (Å²) in [6.45, 7) is 5.81. The molecule has 80 valence electrons. The molecule has 0 spiro atoms. The molecule has 0 fully saturated rings. The van der Waals surface area contributed by atoms with E-state index in [1.165, 1.54) is 0 Å². The van der Waals surface area contributed by atoms with Crippen LogP contribution in [-0.4, -0.2) is 13.0 Å². The lowest BCUT2D eigenvalue weighted by Crippen LogP contribution is -2.27. The van der Waals surface area contributed by atoms with Gasteiger partial charge in [-0.1, -0.05) is 6.07 Å². The highest BCUT2D eigenvalue weighted by Crippen LogP contribution is 2.44. The Morgan fingerprint density at radius 3 is 2.60 bits per heavy atom. The third-order valence-corrected chi connectivity index (χ3v) is 3.03. The number of rotatable bonds is 1. The second kappa shape index (κ2) is 2.99. The van der Waals surface area contributed by atoms with Crippen LogP contribution in [0.3, 0.4) is 0 Å². The first-order chi connectivity index (χ1) is 6.98. The molecule has 0 atom stereocenters. The van der Waals surface area contributed by atoms with Crippen molar-refractivity contribution in [2.75, 3.05) is 12.4 Å². The fourth-order valence-corrected chi connectivity index (χ4v) is 2.02. The minimum atomic E-state index is -0.507. The number of nitrogens with one attached hydrogen (secondary N) is 1. The molecule has 0 saturated heterocycles. The van der Waals surface area contributed by atoms with Crippen LogP contribution in [0.5, 0.6) is 5.75 Å². The van der Waals surface area contributed by atoms with E-state index in [0.717, 1.165) is 22.6 Å². The van der Waals surface area contributed by atoms with Crippen molar-refractivity contribution in [3.05, 3.63) is 23.3 Å². The van der Waals surface area contributed by atoms with E-state index >= 15 is 0 Å². The number of anilines is 1. The molecular formula is C12H15NO2. The van der Waals surface area contributed by atoms with Gasteiger partial charge >= 0.3 is 0 Å². The van der Waals surface area contributed by atoms with Gasteiger partial charge in [-0.3, -0.25) is 4.79 Å². The third-order valence-electron chi connectivity index (χ3n) is 3.03. The predicted octanol–water partition coefficient (Wildman–Crippen LogP) is 2.23. The molecular weight excluding hydrogens is 190 g/mol. The maximum absolute atomic E-state index is 11.8. The number of carbonyl (C=O) groups is 1. The highest BCUT2D eigenvalue weighted by Gasteiger charge is 2.41. The molecule has 1 aromatic carbocycles. The average molecular weight is 205 g/mol. The molecule has 0 saturated carbocycles. The van der Waals surface area contributed by atoms with Crippen molar-refractivity contribution in [1.29, 1.82) is 0 Å². The summed E-state index contributed by atoms with van der Waals surface area (Å²) in [5, 5.41) is 2.91. The number of hydrogen-bond acceptors (Lipinski definition) is 2. The zero-order valence-corrected chi connectivity index (χ0v) is 9.47. The van der Waals surface area contributed by atoms with Gasteiger partial charge in [0.2, 0.25) is 5.91 Å². The van der Waals surface area contributed by atoms with Gasteiger partial charge in [0, 0.05) is 5.56 Å². The van der Waals surface area contributed by atoms with E-state index in [4.69, 9.17) is 4.74 Å². The zero-order valence-electron chi connectivity index (χ0n) is 9.47. The Labute approximate surface area is 89.4 Å². The van der Waals surface area contributed by atoms with Gasteiger partial charge in [-0.25, -0.2) is 0 Å². The van der Waals surface area contributed by atoms with Gasteiger partial charge in [-0.05, 0) is 32.4 Å². The van der Waals surface area contributed by atoms with E-state index < -0.39 is 5.41 Å². The molecule has 3 nitrogen and oxygen atoms in total. The Hall–Kier alpha value is -1.51. The van der Waals surface area contributed by atoms with Crippen LogP contribution >= 0.6 is 0 Å². The number of amides is 1. The molecule has 1 aromatic rings. The molecule has 0 aromatic heterocycles. The summed E-state index contributed by atoms with van der Waals surface area (Å²) in [6.07, 6.45) is 0. The van der Waals surface area contributed by atoms with Crippen LogP contribution < -0.4 is 10.1 Å². The van der Waals surface area contributed by atoms with Gasteiger partial charge in [0.25, 0.3) is 0 Å². The number of ether oxygens (including phenoxy) is 1. The molecule has 3 heteroatoms. The summed E-state index contributed by atoms with van der Waals surface area (Å²) in [5.41, 5.74) is 2.44. The molecule has 1 aliphatic rings. The number of hydrogen-bond donors (Lipinski definition) is 1. The Morgan fingerprint density at radius 2 is 2.00 bits per heavy atom. The second-order valence-electron chi connectivity index (χ2n) is 4.41. The monoisotopic (exact) mass is 205 g/mol. The van der Waals surface area contributed by atoms with E-state index in [0.29, 0.717) is 0 Å². The van der Waals surface area contributed by atoms with Crippen LogP contribution in [0.25, 0.3) is 0 Å². The summed E-state index contributed by atoms with van der Waals surface area (Å²) in [5.74, 6) is 0.809. The minimum Gasteiger partial charge on any atom is -0.496 e. The Bertz CT molecular complexity index is 435. The molecule has 0 bridgehead atoms. The highest BCUT2D eigenvalue weighted by atomic mass is 16.5. The van der Waals surface area contributed by atoms with Crippen molar-refractivity contribution >= 4 is 11.6 Å².